The molecule has 0 bridgehead atoms. The summed E-state index contributed by atoms with van der Waals surface area (Å²) >= 11 is 0. The quantitative estimate of drug-likeness (QED) is 0.538. The summed E-state index contributed by atoms with van der Waals surface area (Å²) in [5.74, 6) is -0.593. The molecule has 0 aliphatic rings. The Labute approximate surface area is 132 Å². The van der Waals surface area contributed by atoms with Gasteiger partial charge < -0.3 is 15.4 Å². The van der Waals surface area contributed by atoms with Crippen molar-refractivity contribution in [3.8, 4) is 0 Å². The van der Waals surface area contributed by atoms with Crippen molar-refractivity contribution in [2.24, 2.45) is 0 Å². The predicted molar refractivity (Wildman–Crippen MR) is 86.5 cm³/mol. The van der Waals surface area contributed by atoms with Crippen molar-refractivity contribution in [3.05, 3.63) is 35.9 Å². The molecule has 0 heterocycles. The van der Waals surface area contributed by atoms with Gasteiger partial charge in [-0.25, -0.2) is 4.79 Å². The zero-order valence-corrected chi connectivity index (χ0v) is 13.6. The number of ether oxygens (including phenoxy) is 1. The van der Waals surface area contributed by atoms with E-state index < -0.39 is 6.04 Å². The third-order valence-corrected chi connectivity index (χ3v) is 3.45. The number of benzene rings is 1. The zero-order chi connectivity index (χ0) is 16.4. The lowest BCUT2D eigenvalue weighted by Gasteiger charge is -2.20. The number of likely N-dealkylation sites (N-methyl/N-ethyl adjacent to an activating group) is 1. The van der Waals surface area contributed by atoms with Gasteiger partial charge in [0.15, 0.2) is 0 Å². The Balaban J connectivity index is 2.71. The number of hydrogen-bond donors (Lipinski definition) is 2. The molecule has 0 fully saturated rings. The molecule has 0 aliphatic heterocycles. The molecule has 1 amide bonds. The first-order chi connectivity index (χ1) is 10.6. The third kappa shape index (κ3) is 6.26. The molecule has 1 rings (SSSR count). The number of carbonyl (C=O) groups is 2. The number of unbranched alkanes of at least 4 members (excludes halogenated alkanes) is 1. The molecule has 0 unspecified atom stereocenters. The van der Waals surface area contributed by atoms with E-state index in [9.17, 15) is 9.59 Å². The Hall–Kier alpha value is -1.88. The second-order valence-electron chi connectivity index (χ2n) is 5.28. The van der Waals surface area contributed by atoms with Gasteiger partial charge in [-0.2, -0.15) is 0 Å². The number of nitrogens with one attached hydrogen (secondary N) is 2. The molecule has 0 spiro atoms. The number of carbonyl (C=O) groups excluding carboxylic acids is 2. The van der Waals surface area contributed by atoms with Crippen LogP contribution in [0.1, 0.15) is 32.3 Å². The third-order valence-electron chi connectivity index (χ3n) is 3.45. The molecule has 5 nitrogen and oxygen atoms in total. The van der Waals surface area contributed by atoms with Crippen molar-refractivity contribution in [1.82, 2.24) is 10.6 Å². The van der Waals surface area contributed by atoms with Crippen LogP contribution in [0.25, 0.3) is 0 Å². The van der Waals surface area contributed by atoms with E-state index in [-0.39, 0.29) is 17.9 Å². The molecule has 0 aliphatic carbocycles. The second-order valence-corrected chi connectivity index (χ2v) is 5.28. The molecule has 1 aromatic carbocycles. The summed E-state index contributed by atoms with van der Waals surface area (Å²) in [6.07, 6.45) is 2.21. The van der Waals surface area contributed by atoms with Gasteiger partial charge >= 0.3 is 5.97 Å². The molecule has 0 radical (unpaired) electrons. The van der Waals surface area contributed by atoms with Gasteiger partial charge in [0, 0.05) is 6.42 Å². The first-order valence-electron chi connectivity index (χ1n) is 7.76. The first-order valence-corrected chi connectivity index (χ1v) is 7.76. The van der Waals surface area contributed by atoms with Crippen LogP contribution in [-0.4, -0.2) is 37.6 Å². The van der Waals surface area contributed by atoms with Gasteiger partial charge in [-0.3, -0.25) is 4.79 Å². The fourth-order valence-corrected chi connectivity index (χ4v) is 1.89. The molecule has 1 aromatic rings. The number of esters is 1. The van der Waals surface area contributed by atoms with Gasteiger partial charge in [0.1, 0.15) is 6.04 Å². The predicted octanol–water partition coefficient (Wildman–Crippen LogP) is 1.67. The van der Waals surface area contributed by atoms with Gasteiger partial charge in [-0.05, 0) is 26.0 Å². The minimum atomic E-state index is -0.664. The summed E-state index contributed by atoms with van der Waals surface area (Å²) < 4.78 is 5.26. The fourth-order valence-electron chi connectivity index (χ4n) is 1.89. The van der Waals surface area contributed by atoms with E-state index in [0.29, 0.717) is 13.0 Å². The van der Waals surface area contributed by atoms with Gasteiger partial charge in [-0.1, -0.05) is 43.7 Å². The van der Waals surface area contributed by atoms with E-state index in [0.717, 1.165) is 18.4 Å². The van der Waals surface area contributed by atoms with E-state index >= 15 is 0 Å². The van der Waals surface area contributed by atoms with Crippen LogP contribution in [-0.2, 0) is 20.7 Å². The Kier molecular flexibility index (Phi) is 8.22. The number of amides is 1. The first kappa shape index (κ1) is 18.2. The maximum Gasteiger partial charge on any atom is 0.328 e. The maximum absolute atomic E-state index is 12.2. The molecule has 2 atom stereocenters. The van der Waals surface area contributed by atoms with Crippen molar-refractivity contribution in [3.63, 3.8) is 0 Å². The van der Waals surface area contributed by atoms with Crippen LogP contribution < -0.4 is 10.6 Å². The van der Waals surface area contributed by atoms with Crippen molar-refractivity contribution in [2.75, 3.05) is 13.7 Å². The van der Waals surface area contributed by atoms with Crippen molar-refractivity contribution in [1.29, 1.82) is 0 Å². The van der Waals surface area contributed by atoms with Crippen LogP contribution in [0, 0.1) is 0 Å². The molecule has 122 valence electrons. The molecule has 0 aromatic heterocycles. The SMILES string of the molecule is CCCCOC(=O)[C@@H](Cc1ccccc1)NC(=O)[C@@H](C)NC. The minimum Gasteiger partial charge on any atom is -0.464 e. The lowest BCUT2D eigenvalue weighted by Crippen LogP contribution is -2.49. The summed E-state index contributed by atoms with van der Waals surface area (Å²) in [6.45, 7) is 4.17. The molecule has 0 saturated heterocycles. The fraction of sp³-hybridized carbons (Fsp3) is 0.529. The summed E-state index contributed by atoms with van der Waals surface area (Å²) in [4.78, 5) is 24.2. The lowest BCUT2D eigenvalue weighted by molar-refractivity contribution is -0.148. The smallest absolute Gasteiger partial charge is 0.328 e. The Morgan fingerprint density at radius 1 is 1.23 bits per heavy atom. The van der Waals surface area contributed by atoms with Gasteiger partial charge in [0.05, 0.1) is 12.6 Å². The number of hydrogen-bond acceptors (Lipinski definition) is 4. The van der Waals surface area contributed by atoms with Crippen LogP contribution in [0.3, 0.4) is 0 Å². The summed E-state index contributed by atoms with van der Waals surface area (Å²) in [6, 6.07) is 8.57. The molecule has 2 N–H and O–H groups in total. The van der Waals surface area contributed by atoms with E-state index in [1.807, 2.05) is 37.3 Å². The Bertz CT molecular complexity index is 462. The van der Waals surface area contributed by atoms with Gasteiger partial charge in [0.2, 0.25) is 5.91 Å². The van der Waals surface area contributed by atoms with Crippen LogP contribution in [0.2, 0.25) is 0 Å². The van der Waals surface area contributed by atoms with Crippen LogP contribution in [0.5, 0.6) is 0 Å². The Morgan fingerprint density at radius 3 is 2.50 bits per heavy atom. The summed E-state index contributed by atoms with van der Waals surface area (Å²) in [5, 5.41) is 5.63. The minimum absolute atomic E-state index is 0.212. The molecule has 22 heavy (non-hydrogen) atoms. The topological polar surface area (TPSA) is 67.4 Å². The van der Waals surface area contributed by atoms with Crippen LogP contribution in [0.15, 0.2) is 30.3 Å². The average molecular weight is 306 g/mol. The highest BCUT2D eigenvalue weighted by molar-refractivity contribution is 5.87. The molecule has 0 saturated carbocycles. The normalized spacial score (nSPS) is 13.2. The molecular weight excluding hydrogens is 280 g/mol. The van der Waals surface area contributed by atoms with E-state index in [1.165, 1.54) is 0 Å². The standard InChI is InChI=1S/C17H26N2O3/c1-4-5-11-22-17(21)15(19-16(20)13(2)18-3)12-14-9-7-6-8-10-14/h6-10,13,15,18H,4-5,11-12H2,1-3H3,(H,19,20)/t13-,15-/m1/s1. The highest BCUT2D eigenvalue weighted by Gasteiger charge is 2.24. The van der Waals surface area contributed by atoms with Crippen LogP contribution >= 0.6 is 0 Å². The van der Waals surface area contributed by atoms with Gasteiger partial charge in [-0.15, -0.1) is 0 Å². The van der Waals surface area contributed by atoms with E-state index in [1.54, 1.807) is 14.0 Å². The largest absolute Gasteiger partial charge is 0.464 e. The maximum atomic E-state index is 12.2. The van der Waals surface area contributed by atoms with Crippen molar-refractivity contribution < 1.29 is 14.3 Å². The summed E-state index contributed by atoms with van der Waals surface area (Å²) in [7, 11) is 1.70. The summed E-state index contributed by atoms with van der Waals surface area (Å²) in [5.41, 5.74) is 0.984. The van der Waals surface area contributed by atoms with Crippen LogP contribution in [0.4, 0.5) is 0 Å². The molecule has 5 heteroatoms. The molecular formula is C17H26N2O3. The van der Waals surface area contributed by atoms with E-state index in [2.05, 4.69) is 10.6 Å². The second kappa shape index (κ2) is 9.95. The Morgan fingerprint density at radius 2 is 1.91 bits per heavy atom. The van der Waals surface area contributed by atoms with Gasteiger partial charge in [0.25, 0.3) is 0 Å². The zero-order valence-electron chi connectivity index (χ0n) is 13.6. The highest BCUT2D eigenvalue weighted by Crippen LogP contribution is 2.06. The van der Waals surface area contributed by atoms with Crippen molar-refractivity contribution >= 4 is 11.9 Å². The average Bonchev–Trinajstić information content (AvgIpc) is 2.54. The monoisotopic (exact) mass is 306 g/mol. The number of rotatable bonds is 9. The van der Waals surface area contributed by atoms with Crippen molar-refractivity contribution in [2.45, 2.75) is 45.2 Å². The van der Waals surface area contributed by atoms with E-state index in [4.69, 9.17) is 4.74 Å². The lowest BCUT2D eigenvalue weighted by atomic mass is 10.1. The highest BCUT2D eigenvalue weighted by atomic mass is 16.5.